The fourth-order valence-corrected chi connectivity index (χ4v) is 7.79. The molecule has 0 bridgehead atoms. The molecule has 0 aliphatic rings. The summed E-state index contributed by atoms with van der Waals surface area (Å²) in [6, 6.07) is 1.18. The van der Waals surface area contributed by atoms with Crippen LogP contribution in [0.2, 0.25) is 24.7 Å². The summed E-state index contributed by atoms with van der Waals surface area (Å²) in [5, 5.41) is 9.81. The number of carboxylic acid groups (broad SMARTS) is 1. The number of allylic oxidation sites excluding steroid dienone is 2. The number of aliphatic carboxylic acids is 1. The molecule has 0 saturated heterocycles. The Morgan fingerprint density at radius 1 is 0.677 bits per heavy atom. The molecular formula is C28H56O2Si. The lowest BCUT2D eigenvalue weighted by Gasteiger charge is -2.29. The summed E-state index contributed by atoms with van der Waals surface area (Å²) in [5.74, 6) is -0.528. The first-order valence-corrected chi connectivity index (χ1v) is 17.1. The van der Waals surface area contributed by atoms with Gasteiger partial charge in [-0.15, -0.1) is 0 Å². The third kappa shape index (κ3) is 18.7. The van der Waals surface area contributed by atoms with Crippen LogP contribution in [-0.4, -0.2) is 19.1 Å². The van der Waals surface area contributed by atoms with Crippen molar-refractivity contribution < 1.29 is 9.90 Å². The zero-order valence-corrected chi connectivity index (χ0v) is 22.7. The number of carboxylic acids is 1. The minimum absolute atomic E-state index is 0.0552. The third-order valence-electron chi connectivity index (χ3n) is 6.92. The highest BCUT2D eigenvalue weighted by molar-refractivity contribution is 6.81. The monoisotopic (exact) mass is 452 g/mol. The second-order valence-electron chi connectivity index (χ2n) is 10.4. The number of rotatable bonds is 23. The van der Waals surface area contributed by atoms with Gasteiger partial charge in [0.05, 0.1) is 13.6 Å². The second-order valence-corrected chi connectivity index (χ2v) is 15.6. The second kappa shape index (κ2) is 21.3. The van der Waals surface area contributed by atoms with Crippen LogP contribution in [0.4, 0.5) is 0 Å². The maximum absolute atomic E-state index is 11.9. The molecule has 0 radical (unpaired) electrons. The van der Waals surface area contributed by atoms with Gasteiger partial charge in [-0.1, -0.05) is 135 Å². The average Bonchev–Trinajstić information content (AvgIpc) is 2.73. The van der Waals surface area contributed by atoms with Crippen LogP contribution in [-0.2, 0) is 4.79 Å². The van der Waals surface area contributed by atoms with Crippen LogP contribution < -0.4 is 0 Å². The van der Waals surface area contributed by atoms with E-state index in [4.69, 9.17) is 0 Å². The number of carbonyl (C=O) groups is 1. The van der Waals surface area contributed by atoms with Gasteiger partial charge in [0.15, 0.2) is 0 Å². The topological polar surface area (TPSA) is 37.3 Å². The highest BCUT2D eigenvalue weighted by atomic mass is 28.3. The van der Waals surface area contributed by atoms with E-state index in [1.807, 2.05) is 0 Å². The van der Waals surface area contributed by atoms with Gasteiger partial charge in [0, 0.05) is 0 Å². The molecule has 0 rings (SSSR count). The molecule has 1 atom stereocenters. The molecule has 0 aromatic heterocycles. The van der Waals surface area contributed by atoms with Gasteiger partial charge in [0.25, 0.3) is 0 Å². The average molecular weight is 453 g/mol. The highest BCUT2D eigenvalue weighted by Gasteiger charge is 2.35. The molecule has 1 N–H and O–H groups in total. The molecule has 0 aromatic carbocycles. The van der Waals surface area contributed by atoms with E-state index < -0.39 is 14.0 Å². The van der Waals surface area contributed by atoms with Crippen LogP contribution in [0, 0.1) is 0 Å². The largest absolute Gasteiger partial charge is 0.481 e. The van der Waals surface area contributed by atoms with Crippen molar-refractivity contribution in [3.05, 3.63) is 12.2 Å². The molecule has 0 amide bonds. The van der Waals surface area contributed by atoms with E-state index >= 15 is 0 Å². The molecule has 0 aliphatic heterocycles. The summed E-state index contributed by atoms with van der Waals surface area (Å²) in [6.07, 6.45) is 28.9. The fourth-order valence-electron chi connectivity index (χ4n) is 4.63. The van der Waals surface area contributed by atoms with Gasteiger partial charge in [-0.25, -0.2) is 0 Å². The summed E-state index contributed by atoms with van der Waals surface area (Å²) in [7, 11) is -1.68. The minimum Gasteiger partial charge on any atom is -0.481 e. The summed E-state index contributed by atoms with van der Waals surface area (Å²) >= 11 is 0. The quantitative estimate of drug-likeness (QED) is 0.0950. The van der Waals surface area contributed by atoms with Crippen molar-refractivity contribution in [1.29, 1.82) is 0 Å². The molecule has 3 heteroatoms. The van der Waals surface area contributed by atoms with Gasteiger partial charge in [-0.05, 0) is 32.1 Å². The highest BCUT2D eigenvalue weighted by Crippen LogP contribution is 2.33. The Kier molecular flexibility index (Phi) is 20.9. The molecule has 0 fully saturated rings. The number of hydrogen-bond donors (Lipinski definition) is 1. The maximum Gasteiger partial charge on any atom is 0.303 e. The van der Waals surface area contributed by atoms with E-state index in [0.717, 1.165) is 12.8 Å². The fraction of sp³-hybridized carbons (Fsp3) is 0.893. The molecule has 0 saturated carbocycles. The Balaban J connectivity index is 3.82. The van der Waals surface area contributed by atoms with Crippen molar-refractivity contribution in [3.63, 3.8) is 0 Å². The van der Waals surface area contributed by atoms with Crippen LogP contribution in [0.5, 0.6) is 0 Å². The van der Waals surface area contributed by atoms with E-state index in [9.17, 15) is 9.90 Å². The SMILES string of the molecule is CCCCCCCCC=CCCCCCCC(C(=O)O)[Si](C)(C)CCCCCCCC. The summed E-state index contributed by atoms with van der Waals surface area (Å²) < 4.78 is 0. The van der Waals surface area contributed by atoms with E-state index in [-0.39, 0.29) is 5.54 Å². The normalized spacial score (nSPS) is 13.2. The van der Waals surface area contributed by atoms with Crippen molar-refractivity contribution in [2.45, 2.75) is 161 Å². The molecule has 1 unspecified atom stereocenters. The van der Waals surface area contributed by atoms with Gasteiger partial charge in [-0.2, -0.15) is 0 Å². The zero-order valence-electron chi connectivity index (χ0n) is 21.7. The van der Waals surface area contributed by atoms with E-state index in [0.29, 0.717) is 0 Å². The Morgan fingerprint density at radius 3 is 1.58 bits per heavy atom. The molecule has 31 heavy (non-hydrogen) atoms. The first-order chi connectivity index (χ1) is 15.0. The third-order valence-corrected chi connectivity index (χ3v) is 11.0. The molecule has 0 spiro atoms. The van der Waals surface area contributed by atoms with Crippen molar-refractivity contribution >= 4 is 14.0 Å². The van der Waals surface area contributed by atoms with Crippen LogP contribution in [0.25, 0.3) is 0 Å². The summed E-state index contributed by atoms with van der Waals surface area (Å²) in [4.78, 5) is 11.9. The Morgan fingerprint density at radius 2 is 1.10 bits per heavy atom. The molecule has 0 heterocycles. The van der Waals surface area contributed by atoms with E-state index in [1.54, 1.807) is 0 Å². The summed E-state index contributed by atoms with van der Waals surface area (Å²) in [5.41, 5.74) is -0.0552. The first kappa shape index (κ1) is 30.4. The Hall–Kier alpha value is -0.573. The van der Waals surface area contributed by atoms with E-state index in [1.165, 1.54) is 115 Å². The molecular weight excluding hydrogens is 396 g/mol. The van der Waals surface area contributed by atoms with Crippen LogP contribution in [0.3, 0.4) is 0 Å². The van der Waals surface area contributed by atoms with Gasteiger partial charge < -0.3 is 5.11 Å². The minimum atomic E-state index is -1.68. The zero-order chi connectivity index (χ0) is 23.2. The van der Waals surface area contributed by atoms with Gasteiger partial charge in [-0.3, -0.25) is 4.79 Å². The standard InChI is InChI=1S/C28H56O2Si/c1-5-7-9-11-13-14-15-16-17-18-19-20-21-23-25-27(28(29)30)31(3,4)26-24-22-12-10-8-6-2/h16-17,27H,5-15,18-26H2,1-4H3,(H,29,30). The van der Waals surface area contributed by atoms with Crippen LogP contribution in [0.15, 0.2) is 12.2 Å². The smallest absolute Gasteiger partial charge is 0.303 e. The lowest BCUT2D eigenvalue weighted by molar-refractivity contribution is -0.137. The van der Waals surface area contributed by atoms with Crippen molar-refractivity contribution in [2.75, 3.05) is 0 Å². The van der Waals surface area contributed by atoms with Crippen molar-refractivity contribution in [3.8, 4) is 0 Å². The predicted octanol–water partition coefficient (Wildman–Crippen LogP) is 10.2. The maximum atomic E-state index is 11.9. The Labute approximate surface area is 196 Å². The molecule has 184 valence electrons. The van der Waals surface area contributed by atoms with Gasteiger partial charge >= 0.3 is 5.97 Å². The van der Waals surface area contributed by atoms with Crippen LogP contribution >= 0.6 is 0 Å². The lowest BCUT2D eigenvalue weighted by Crippen LogP contribution is -2.37. The molecule has 2 nitrogen and oxygen atoms in total. The number of hydrogen-bond acceptors (Lipinski definition) is 1. The summed E-state index contributed by atoms with van der Waals surface area (Å²) in [6.45, 7) is 9.15. The number of unbranched alkanes of at least 4 members (excludes halogenated alkanes) is 15. The van der Waals surface area contributed by atoms with E-state index in [2.05, 4.69) is 39.1 Å². The van der Waals surface area contributed by atoms with Gasteiger partial charge in [0.2, 0.25) is 0 Å². The van der Waals surface area contributed by atoms with Gasteiger partial charge in [0.1, 0.15) is 0 Å². The lowest BCUT2D eigenvalue weighted by atomic mass is 10.1. The Bertz CT molecular complexity index is 431. The predicted molar refractivity (Wildman–Crippen MR) is 142 cm³/mol. The van der Waals surface area contributed by atoms with Crippen LogP contribution in [0.1, 0.15) is 136 Å². The van der Waals surface area contributed by atoms with Crippen molar-refractivity contribution in [1.82, 2.24) is 0 Å². The first-order valence-electron chi connectivity index (χ1n) is 13.8. The molecule has 0 aromatic rings. The molecule has 0 aliphatic carbocycles. The van der Waals surface area contributed by atoms with Crippen molar-refractivity contribution in [2.24, 2.45) is 0 Å².